The van der Waals surface area contributed by atoms with Crippen molar-refractivity contribution in [2.24, 2.45) is 0 Å². The van der Waals surface area contributed by atoms with Crippen molar-refractivity contribution in [3.05, 3.63) is 48.2 Å². The first kappa shape index (κ1) is 16.7. The third-order valence-corrected chi connectivity index (χ3v) is 4.80. The van der Waals surface area contributed by atoms with Gasteiger partial charge in [0, 0.05) is 25.2 Å². The molecular weight excluding hydrogens is 330 g/mol. The molecule has 1 aromatic carbocycles. The van der Waals surface area contributed by atoms with Gasteiger partial charge < -0.3 is 20.1 Å². The van der Waals surface area contributed by atoms with Gasteiger partial charge in [0.1, 0.15) is 18.5 Å². The molecule has 6 nitrogen and oxygen atoms in total. The summed E-state index contributed by atoms with van der Waals surface area (Å²) in [6.45, 7) is 1.02. The molecule has 2 aromatic rings. The average Bonchev–Trinajstić information content (AvgIpc) is 2.65. The van der Waals surface area contributed by atoms with E-state index in [4.69, 9.17) is 9.47 Å². The van der Waals surface area contributed by atoms with Gasteiger partial charge >= 0.3 is 0 Å². The van der Waals surface area contributed by atoms with Crippen LogP contribution < -0.4 is 20.1 Å². The Morgan fingerprint density at radius 3 is 2.73 bits per heavy atom. The van der Waals surface area contributed by atoms with Crippen LogP contribution in [0.1, 0.15) is 36.0 Å². The van der Waals surface area contributed by atoms with Gasteiger partial charge in [-0.2, -0.15) is 0 Å². The zero-order valence-electron chi connectivity index (χ0n) is 14.6. The molecule has 26 heavy (non-hydrogen) atoms. The molecule has 0 radical (unpaired) electrons. The van der Waals surface area contributed by atoms with Crippen molar-refractivity contribution in [2.45, 2.75) is 37.8 Å². The summed E-state index contributed by atoms with van der Waals surface area (Å²) in [7, 11) is 0. The van der Waals surface area contributed by atoms with Crippen LogP contribution in [-0.2, 0) is 0 Å². The minimum absolute atomic E-state index is 0.0580. The number of rotatable bonds is 6. The Morgan fingerprint density at radius 1 is 1.15 bits per heavy atom. The second-order valence-electron chi connectivity index (χ2n) is 6.75. The lowest BCUT2D eigenvalue weighted by Gasteiger charge is -2.27. The fraction of sp³-hybridized carbons (Fsp3) is 0.400. The molecule has 1 atom stereocenters. The number of para-hydroxylation sites is 2. The number of fused-ring (bicyclic) bond motifs is 1. The first-order chi connectivity index (χ1) is 12.8. The highest BCUT2D eigenvalue weighted by molar-refractivity contribution is 5.94. The fourth-order valence-corrected chi connectivity index (χ4v) is 3.03. The van der Waals surface area contributed by atoms with E-state index in [0.29, 0.717) is 31.2 Å². The van der Waals surface area contributed by atoms with Crippen LogP contribution in [0.2, 0.25) is 0 Å². The first-order valence-corrected chi connectivity index (χ1v) is 9.17. The van der Waals surface area contributed by atoms with Gasteiger partial charge in [-0.05, 0) is 43.5 Å². The number of pyridine rings is 1. The lowest BCUT2D eigenvalue weighted by Crippen LogP contribution is -2.34. The van der Waals surface area contributed by atoms with Crippen LogP contribution in [0.15, 0.2) is 42.6 Å². The Labute approximate surface area is 152 Å². The van der Waals surface area contributed by atoms with Crippen LogP contribution in [-0.4, -0.2) is 36.2 Å². The van der Waals surface area contributed by atoms with Gasteiger partial charge in [0.15, 0.2) is 11.5 Å². The molecule has 1 amide bonds. The summed E-state index contributed by atoms with van der Waals surface area (Å²) >= 11 is 0. The number of amides is 1. The largest absolute Gasteiger partial charge is 0.486 e. The lowest BCUT2D eigenvalue weighted by molar-refractivity contribution is 0.0812. The van der Waals surface area contributed by atoms with Gasteiger partial charge in [0.25, 0.3) is 5.91 Å². The molecule has 6 heteroatoms. The molecule has 1 saturated carbocycles. The molecule has 1 aliphatic carbocycles. The summed E-state index contributed by atoms with van der Waals surface area (Å²) in [6, 6.07) is 11.8. The summed E-state index contributed by atoms with van der Waals surface area (Å²) in [4.78, 5) is 16.6. The third-order valence-electron chi connectivity index (χ3n) is 4.80. The van der Waals surface area contributed by atoms with Crippen LogP contribution in [0.5, 0.6) is 11.5 Å². The highest BCUT2D eigenvalue weighted by Gasteiger charge is 2.20. The zero-order valence-corrected chi connectivity index (χ0v) is 14.6. The molecule has 1 aliphatic heterocycles. The summed E-state index contributed by atoms with van der Waals surface area (Å²) in [6.07, 6.45) is 5.92. The second-order valence-corrected chi connectivity index (χ2v) is 6.75. The lowest BCUT2D eigenvalue weighted by atomic mass is 9.93. The summed E-state index contributed by atoms with van der Waals surface area (Å²) in [5.74, 6) is 2.24. The number of nitrogens with zero attached hydrogens (tertiary/aromatic N) is 1. The molecule has 1 fully saturated rings. The number of anilines is 1. The standard InChI is InChI=1S/C20H23N3O3/c24-20(14-8-9-19(22-12-14)23-15-4-3-5-15)21-11-10-16-13-25-17-6-1-2-7-18(17)26-16/h1-2,6-9,12,15-16H,3-5,10-11,13H2,(H,21,24)(H,22,23)/t16-/m1/s1. The Bertz CT molecular complexity index is 759. The molecule has 0 bridgehead atoms. The molecule has 4 rings (SSSR count). The molecule has 1 aromatic heterocycles. The Balaban J connectivity index is 1.22. The molecular formula is C20H23N3O3. The first-order valence-electron chi connectivity index (χ1n) is 9.17. The molecule has 2 heterocycles. The number of nitrogens with one attached hydrogen (secondary N) is 2. The molecule has 2 N–H and O–H groups in total. The van der Waals surface area contributed by atoms with Crippen molar-refractivity contribution >= 4 is 11.7 Å². The van der Waals surface area contributed by atoms with Gasteiger partial charge in [-0.15, -0.1) is 0 Å². The van der Waals surface area contributed by atoms with E-state index in [2.05, 4.69) is 15.6 Å². The summed E-state index contributed by atoms with van der Waals surface area (Å²) in [5, 5.41) is 6.28. The van der Waals surface area contributed by atoms with Gasteiger partial charge in [0.05, 0.1) is 5.56 Å². The number of carbonyl (C=O) groups excluding carboxylic acids is 1. The second kappa shape index (κ2) is 7.64. The van der Waals surface area contributed by atoms with E-state index < -0.39 is 0 Å². The van der Waals surface area contributed by atoms with E-state index in [0.717, 1.165) is 17.3 Å². The van der Waals surface area contributed by atoms with Crippen molar-refractivity contribution in [2.75, 3.05) is 18.5 Å². The molecule has 136 valence electrons. The SMILES string of the molecule is O=C(NCC[C@@H]1COc2ccccc2O1)c1ccc(NC2CCC2)nc1. The molecule has 0 unspecified atom stereocenters. The maximum absolute atomic E-state index is 12.2. The number of hydrogen-bond acceptors (Lipinski definition) is 5. The van der Waals surface area contributed by atoms with Crippen LogP contribution >= 0.6 is 0 Å². The summed E-state index contributed by atoms with van der Waals surface area (Å²) in [5.41, 5.74) is 0.565. The Morgan fingerprint density at radius 2 is 2.00 bits per heavy atom. The van der Waals surface area contributed by atoms with E-state index in [1.54, 1.807) is 12.3 Å². The number of aromatic nitrogens is 1. The van der Waals surface area contributed by atoms with Crippen LogP contribution in [0.4, 0.5) is 5.82 Å². The van der Waals surface area contributed by atoms with Crippen molar-refractivity contribution < 1.29 is 14.3 Å². The number of ether oxygens (including phenoxy) is 2. The van der Waals surface area contributed by atoms with E-state index in [1.165, 1.54) is 19.3 Å². The average molecular weight is 353 g/mol. The Hall–Kier alpha value is -2.76. The third kappa shape index (κ3) is 3.90. The van der Waals surface area contributed by atoms with Crippen molar-refractivity contribution in [1.82, 2.24) is 10.3 Å². The van der Waals surface area contributed by atoms with Gasteiger partial charge in [0.2, 0.25) is 0 Å². The van der Waals surface area contributed by atoms with Gasteiger partial charge in [-0.25, -0.2) is 4.98 Å². The highest BCUT2D eigenvalue weighted by atomic mass is 16.6. The normalized spacial score (nSPS) is 18.7. The monoisotopic (exact) mass is 353 g/mol. The minimum atomic E-state index is -0.121. The molecule has 0 spiro atoms. The summed E-state index contributed by atoms with van der Waals surface area (Å²) < 4.78 is 11.6. The van der Waals surface area contributed by atoms with E-state index >= 15 is 0 Å². The van der Waals surface area contributed by atoms with Crippen LogP contribution in [0.3, 0.4) is 0 Å². The number of carbonyl (C=O) groups is 1. The quantitative estimate of drug-likeness (QED) is 0.835. The Kier molecular flexibility index (Phi) is 4.91. The number of benzene rings is 1. The smallest absolute Gasteiger partial charge is 0.252 e. The van der Waals surface area contributed by atoms with Crippen LogP contribution in [0.25, 0.3) is 0 Å². The topological polar surface area (TPSA) is 72.5 Å². The van der Waals surface area contributed by atoms with Crippen LogP contribution in [0, 0.1) is 0 Å². The minimum Gasteiger partial charge on any atom is -0.486 e. The molecule has 2 aliphatic rings. The fourth-order valence-electron chi connectivity index (χ4n) is 3.03. The maximum atomic E-state index is 12.2. The predicted molar refractivity (Wildman–Crippen MR) is 98.8 cm³/mol. The van der Waals surface area contributed by atoms with Crippen molar-refractivity contribution in [1.29, 1.82) is 0 Å². The van der Waals surface area contributed by atoms with Gasteiger partial charge in [-0.3, -0.25) is 4.79 Å². The highest BCUT2D eigenvalue weighted by Crippen LogP contribution is 2.31. The van der Waals surface area contributed by atoms with E-state index in [9.17, 15) is 4.79 Å². The van der Waals surface area contributed by atoms with Crippen molar-refractivity contribution in [3.63, 3.8) is 0 Å². The zero-order chi connectivity index (χ0) is 17.8. The van der Waals surface area contributed by atoms with E-state index in [-0.39, 0.29) is 12.0 Å². The van der Waals surface area contributed by atoms with E-state index in [1.807, 2.05) is 30.3 Å². The predicted octanol–water partition coefficient (Wildman–Crippen LogP) is 3.01. The molecule has 0 saturated heterocycles. The maximum Gasteiger partial charge on any atom is 0.252 e. The number of hydrogen-bond donors (Lipinski definition) is 2. The van der Waals surface area contributed by atoms with Gasteiger partial charge in [-0.1, -0.05) is 12.1 Å². The van der Waals surface area contributed by atoms with Crippen molar-refractivity contribution in [3.8, 4) is 11.5 Å².